The van der Waals surface area contributed by atoms with Crippen molar-refractivity contribution >= 4 is 59.6 Å². The van der Waals surface area contributed by atoms with Gasteiger partial charge in [0.25, 0.3) is 0 Å². The number of carboxylic acids is 1. The van der Waals surface area contributed by atoms with Gasteiger partial charge in [0, 0.05) is 0 Å². The second-order valence-electron chi connectivity index (χ2n) is 6.20. The van der Waals surface area contributed by atoms with E-state index >= 15 is 0 Å². The van der Waals surface area contributed by atoms with Gasteiger partial charge in [-0.05, 0) is 0 Å². The second kappa shape index (κ2) is 9.94. The first-order chi connectivity index (χ1) is 14.3. The van der Waals surface area contributed by atoms with Gasteiger partial charge in [-0.3, -0.25) is 0 Å². The molecule has 0 aliphatic rings. The van der Waals surface area contributed by atoms with Crippen LogP contribution in [0.1, 0.15) is 31.1 Å². The number of ether oxygens (including phenoxy) is 1. The topological polar surface area (TPSA) is 80.7 Å². The van der Waals surface area contributed by atoms with Gasteiger partial charge in [-0.1, -0.05) is 0 Å². The Labute approximate surface area is 189 Å². The summed E-state index contributed by atoms with van der Waals surface area (Å²) in [5, 5.41) is 10.2. The molecule has 0 aliphatic carbocycles. The van der Waals surface area contributed by atoms with E-state index in [1.54, 1.807) is 54.6 Å². The maximum absolute atomic E-state index is 12.7. The van der Waals surface area contributed by atoms with E-state index < -0.39 is 21.7 Å². The van der Waals surface area contributed by atoms with Crippen molar-refractivity contribution in [3.05, 3.63) is 93.5 Å². The molecule has 5 nitrogen and oxygen atoms in total. The van der Waals surface area contributed by atoms with Crippen LogP contribution < -0.4 is 9.09 Å². The van der Waals surface area contributed by atoms with Gasteiger partial charge in [0.2, 0.25) is 0 Å². The van der Waals surface area contributed by atoms with Crippen molar-refractivity contribution < 1.29 is 24.2 Å². The number of hydrogen-bond acceptors (Lipinski definition) is 4. The third-order valence-corrected chi connectivity index (χ3v) is 7.14. The van der Waals surface area contributed by atoms with Crippen LogP contribution in [0.2, 0.25) is 10.0 Å². The normalized spacial score (nSPS) is 10.9. The van der Waals surface area contributed by atoms with Gasteiger partial charge in [0.05, 0.1) is 0 Å². The van der Waals surface area contributed by atoms with Gasteiger partial charge in [0.15, 0.2) is 0 Å². The number of aromatic carboxylic acids is 1. The summed E-state index contributed by atoms with van der Waals surface area (Å²) in [7, 11) is 0. The van der Waals surface area contributed by atoms with E-state index in [1.165, 1.54) is 12.1 Å². The molecule has 1 atom stereocenters. The summed E-state index contributed by atoms with van der Waals surface area (Å²) in [5.41, 5.74) is 0.731. The Hall–Kier alpha value is -2.59. The van der Waals surface area contributed by atoms with Crippen molar-refractivity contribution in [1.82, 2.24) is 0 Å². The molecule has 8 heteroatoms. The number of ketones is 1. The van der Waals surface area contributed by atoms with Crippen LogP contribution in [-0.2, 0) is 0 Å². The van der Waals surface area contributed by atoms with Crippen molar-refractivity contribution in [3.63, 3.8) is 0 Å². The van der Waals surface area contributed by atoms with Crippen LogP contribution in [0.5, 0.6) is 5.75 Å². The average Bonchev–Trinajstić information content (AvgIpc) is 2.74. The standard InChI is InChI=1S/C22H15AsCl2O5/c24-15-4-7-17(8-5-15)30-12-20(26)13-2-1-3-14(10-13)21(27)23-19-9-6-16(25)11-18(19)22(28)29/h1-11,23H,12H2,(H,28,29). The minimum absolute atomic E-state index is 0.0273. The molecular formula is C22H15AsCl2O5. The Balaban J connectivity index is 1.71. The van der Waals surface area contributed by atoms with Crippen molar-refractivity contribution in [2.45, 2.75) is 0 Å². The molecule has 0 saturated heterocycles. The summed E-state index contributed by atoms with van der Waals surface area (Å²) in [5.74, 6) is -0.903. The van der Waals surface area contributed by atoms with Gasteiger partial charge in [-0.15, -0.1) is 0 Å². The zero-order valence-corrected chi connectivity index (χ0v) is 19.0. The van der Waals surface area contributed by atoms with E-state index in [4.69, 9.17) is 27.9 Å². The summed E-state index contributed by atoms with van der Waals surface area (Å²) >= 11 is 10.2. The Morgan fingerprint density at radius 3 is 2.23 bits per heavy atom. The molecule has 3 aromatic rings. The van der Waals surface area contributed by atoms with Gasteiger partial charge >= 0.3 is 190 Å². The van der Waals surface area contributed by atoms with Crippen molar-refractivity contribution in [2.75, 3.05) is 6.61 Å². The Bertz CT molecular complexity index is 1110. The van der Waals surface area contributed by atoms with Crippen molar-refractivity contribution in [3.8, 4) is 5.75 Å². The summed E-state index contributed by atoms with van der Waals surface area (Å²) in [6.45, 7) is -0.185. The molecule has 3 aromatic carbocycles. The van der Waals surface area contributed by atoms with Crippen LogP contribution in [0.15, 0.2) is 66.7 Å². The number of rotatable bonds is 8. The third-order valence-electron chi connectivity index (χ3n) is 4.09. The van der Waals surface area contributed by atoms with E-state index in [9.17, 15) is 19.5 Å². The molecule has 1 unspecified atom stereocenters. The van der Waals surface area contributed by atoms with Crippen LogP contribution in [-0.4, -0.2) is 43.8 Å². The first kappa shape index (κ1) is 22.1. The van der Waals surface area contributed by atoms with Gasteiger partial charge in [-0.25, -0.2) is 0 Å². The van der Waals surface area contributed by atoms with E-state index in [1.807, 2.05) is 0 Å². The molecule has 0 saturated carbocycles. The second-order valence-corrected chi connectivity index (χ2v) is 9.68. The SMILES string of the molecule is O=C(COc1ccc(Cl)cc1)c1cccc(C(=O)[AsH]c2ccc(Cl)cc2C(=O)O)c1. The number of carboxylic acid groups (broad SMARTS) is 1. The van der Waals surface area contributed by atoms with Crippen LogP contribution in [0, 0.1) is 0 Å². The summed E-state index contributed by atoms with van der Waals surface area (Å²) in [6.07, 6.45) is 0. The maximum atomic E-state index is 12.7. The average molecular weight is 505 g/mol. The van der Waals surface area contributed by atoms with Gasteiger partial charge in [0.1, 0.15) is 0 Å². The summed E-state index contributed by atoms with van der Waals surface area (Å²) in [6, 6.07) is 17.5. The monoisotopic (exact) mass is 504 g/mol. The van der Waals surface area contributed by atoms with Gasteiger partial charge in [-0.2, -0.15) is 0 Å². The van der Waals surface area contributed by atoms with Crippen molar-refractivity contribution in [2.24, 2.45) is 0 Å². The first-order valence-electron chi connectivity index (χ1n) is 8.69. The summed E-state index contributed by atoms with van der Waals surface area (Å²) < 4.78 is 5.75. The minimum atomic E-state index is -1.46. The molecular weight excluding hydrogens is 490 g/mol. The predicted octanol–water partition coefficient (Wildman–Crippen LogP) is 3.86. The molecule has 0 aliphatic heterocycles. The number of hydrogen-bond donors (Lipinski definition) is 1. The van der Waals surface area contributed by atoms with Crippen LogP contribution in [0.25, 0.3) is 0 Å². The quantitative estimate of drug-likeness (QED) is 0.372. The summed E-state index contributed by atoms with van der Waals surface area (Å²) in [4.78, 5) is 36.6. The molecule has 0 fully saturated rings. The molecule has 30 heavy (non-hydrogen) atoms. The van der Waals surface area contributed by atoms with Crippen molar-refractivity contribution in [1.29, 1.82) is 0 Å². The number of carbonyl (C=O) groups is 3. The fourth-order valence-electron chi connectivity index (χ4n) is 2.59. The number of Topliss-reactive ketones (excluding diaryl/α,β-unsaturated/α-hetero) is 1. The fourth-order valence-corrected chi connectivity index (χ4v) is 5.04. The molecule has 0 aromatic heterocycles. The molecule has 0 bridgehead atoms. The number of halogens is 2. The predicted molar refractivity (Wildman–Crippen MR) is 117 cm³/mol. The fraction of sp³-hybridized carbons (Fsp3) is 0.0455. The molecule has 0 spiro atoms. The Morgan fingerprint density at radius 2 is 1.53 bits per heavy atom. The molecule has 3 rings (SSSR count). The molecule has 0 radical (unpaired) electrons. The van der Waals surface area contributed by atoms with Crippen LogP contribution >= 0.6 is 23.2 Å². The van der Waals surface area contributed by atoms with E-state index in [2.05, 4.69) is 0 Å². The first-order valence-corrected chi connectivity index (χ1v) is 11.5. The Kier molecular flexibility index (Phi) is 7.33. The van der Waals surface area contributed by atoms with E-state index in [0.717, 1.165) is 0 Å². The van der Waals surface area contributed by atoms with Crippen LogP contribution in [0.3, 0.4) is 0 Å². The zero-order valence-electron chi connectivity index (χ0n) is 15.4. The molecule has 0 heterocycles. The number of carbonyl (C=O) groups excluding carboxylic acids is 2. The third kappa shape index (κ3) is 5.73. The van der Waals surface area contributed by atoms with Crippen LogP contribution in [0.4, 0.5) is 0 Å². The van der Waals surface area contributed by atoms with E-state index in [-0.39, 0.29) is 22.5 Å². The zero-order chi connectivity index (χ0) is 21.7. The molecule has 1 N–H and O–H groups in total. The number of benzene rings is 3. The molecule has 0 amide bonds. The Morgan fingerprint density at radius 1 is 0.867 bits per heavy atom. The molecule has 152 valence electrons. The van der Waals surface area contributed by atoms with E-state index in [0.29, 0.717) is 31.3 Å². The van der Waals surface area contributed by atoms with Gasteiger partial charge < -0.3 is 0 Å².